The summed E-state index contributed by atoms with van der Waals surface area (Å²) in [7, 11) is 1.20. The molecule has 49 heavy (non-hydrogen) atoms. The number of carbonyl (C=O) groups excluding carboxylic acids is 4. The Labute approximate surface area is 280 Å². The van der Waals surface area contributed by atoms with Crippen LogP contribution in [0.1, 0.15) is 36.2 Å². The van der Waals surface area contributed by atoms with E-state index in [4.69, 9.17) is 18.6 Å². The zero-order valence-corrected chi connectivity index (χ0v) is 26.8. The van der Waals surface area contributed by atoms with Gasteiger partial charge in [-0.25, -0.2) is 9.59 Å². The van der Waals surface area contributed by atoms with Gasteiger partial charge in [0.1, 0.15) is 34.7 Å². The molecule has 252 valence electrons. The van der Waals surface area contributed by atoms with Gasteiger partial charge in [-0.2, -0.15) is 0 Å². The minimum atomic E-state index is -1.10. The van der Waals surface area contributed by atoms with Crippen molar-refractivity contribution < 1.29 is 42.7 Å². The van der Waals surface area contributed by atoms with Gasteiger partial charge in [-0.05, 0) is 54.3 Å². The molecule has 2 atom stereocenters. The van der Waals surface area contributed by atoms with Crippen molar-refractivity contribution in [2.45, 2.75) is 38.8 Å². The molecule has 2 amide bonds. The fourth-order valence-corrected chi connectivity index (χ4v) is 5.25. The summed E-state index contributed by atoms with van der Waals surface area (Å²) >= 11 is 0. The Kier molecular flexibility index (Phi) is 10.5. The second-order valence-corrected chi connectivity index (χ2v) is 11.6. The number of nitro groups is 1. The highest BCUT2D eigenvalue weighted by Crippen LogP contribution is 2.31. The van der Waals surface area contributed by atoms with Gasteiger partial charge >= 0.3 is 12.1 Å². The predicted octanol–water partition coefficient (Wildman–Crippen LogP) is 6.12. The van der Waals surface area contributed by atoms with E-state index in [1.54, 1.807) is 24.3 Å². The molecule has 13 heteroatoms. The van der Waals surface area contributed by atoms with Gasteiger partial charge < -0.3 is 29.3 Å². The lowest BCUT2D eigenvalue weighted by atomic mass is 10.0. The fraction of sp³-hybridized carbons (Fsp3) is 0.222. The molecule has 2 N–H and O–H groups in total. The van der Waals surface area contributed by atoms with E-state index < -0.39 is 40.9 Å². The van der Waals surface area contributed by atoms with Crippen LogP contribution < -0.4 is 20.1 Å². The maximum atomic E-state index is 13.6. The van der Waals surface area contributed by atoms with Crippen molar-refractivity contribution in [3.63, 3.8) is 0 Å². The zero-order chi connectivity index (χ0) is 35.1. The largest absolute Gasteiger partial charge is 0.519 e. The number of esters is 1. The van der Waals surface area contributed by atoms with Gasteiger partial charge in [-0.15, -0.1) is 0 Å². The summed E-state index contributed by atoms with van der Waals surface area (Å²) in [6, 6.07) is 21.7. The Morgan fingerprint density at radius 2 is 1.43 bits per heavy atom. The molecule has 0 aliphatic rings. The number of non-ortho nitro benzene ring substituents is 1. The molecule has 13 nitrogen and oxygen atoms in total. The van der Waals surface area contributed by atoms with Crippen molar-refractivity contribution in [3.05, 3.63) is 112 Å². The number of benzene rings is 4. The van der Waals surface area contributed by atoms with Crippen molar-refractivity contribution in [2.24, 2.45) is 5.92 Å². The Morgan fingerprint density at radius 3 is 2.06 bits per heavy atom. The van der Waals surface area contributed by atoms with Gasteiger partial charge in [0.2, 0.25) is 5.91 Å². The first kappa shape index (κ1) is 34.1. The lowest BCUT2D eigenvalue weighted by Gasteiger charge is -2.23. The van der Waals surface area contributed by atoms with E-state index in [-0.39, 0.29) is 35.1 Å². The highest BCUT2D eigenvalue weighted by molar-refractivity contribution is 6.13. The van der Waals surface area contributed by atoms with Gasteiger partial charge in [0.25, 0.3) is 11.6 Å². The Bertz CT molecular complexity index is 2000. The number of carbonyl (C=O) groups is 4. The molecule has 5 aromatic rings. The minimum Gasteiger partial charge on any atom is -0.467 e. The van der Waals surface area contributed by atoms with Crippen LogP contribution in [0.3, 0.4) is 0 Å². The second kappa shape index (κ2) is 15.1. The number of amides is 2. The molecule has 0 radical (unpaired) electrons. The van der Waals surface area contributed by atoms with Crippen LogP contribution in [-0.2, 0) is 20.7 Å². The van der Waals surface area contributed by atoms with Gasteiger partial charge in [-0.1, -0.05) is 56.3 Å². The maximum absolute atomic E-state index is 13.6. The first-order chi connectivity index (χ1) is 23.5. The van der Waals surface area contributed by atoms with E-state index in [1.165, 1.54) is 43.5 Å². The summed E-state index contributed by atoms with van der Waals surface area (Å²) < 4.78 is 21.2. The van der Waals surface area contributed by atoms with Crippen molar-refractivity contribution >= 4 is 51.6 Å². The molecular formula is C36H33N3O10. The van der Waals surface area contributed by atoms with Crippen molar-refractivity contribution in [3.8, 4) is 11.5 Å². The van der Waals surface area contributed by atoms with Gasteiger partial charge in [0.15, 0.2) is 0 Å². The molecule has 0 fully saturated rings. The third kappa shape index (κ3) is 8.38. The highest BCUT2D eigenvalue weighted by Gasteiger charge is 2.29. The third-order valence-corrected chi connectivity index (χ3v) is 7.59. The van der Waals surface area contributed by atoms with Crippen LogP contribution in [0.2, 0.25) is 0 Å². The van der Waals surface area contributed by atoms with Crippen LogP contribution >= 0.6 is 0 Å². The zero-order valence-electron chi connectivity index (χ0n) is 26.8. The maximum Gasteiger partial charge on any atom is 0.519 e. The van der Waals surface area contributed by atoms with Crippen LogP contribution in [0.5, 0.6) is 11.5 Å². The van der Waals surface area contributed by atoms with E-state index in [1.807, 2.05) is 44.2 Å². The number of nitro benzene ring substituents is 1. The number of furan rings is 1. The van der Waals surface area contributed by atoms with E-state index in [9.17, 15) is 29.3 Å². The monoisotopic (exact) mass is 667 g/mol. The number of methoxy groups -OCH3 is 1. The number of hydrogen-bond donors (Lipinski definition) is 2. The highest BCUT2D eigenvalue weighted by atomic mass is 16.7. The van der Waals surface area contributed by atoms with Gasteiger partial charge in [0, 0.05) is 29.3 Å². The summed E-state index contributed by atoms with van der Waals surface area (Å²) in [5.74, 6) is -1.54. The molecule has 0 bridgehead atoms. The third-order valence-electron chi connectivity index (χ3n) is 7.59. The lowest BCUT2D eigenvalue weighted by molar-refractivity contribution is -0.384. The first-order valence-electron chi connectivity index (χ1n) is 15.3. The molecule has 1 aromatic heterocycles. The summed E-state index contributed by atoms with van der Waals surface area (Å²) in [5, 5.41) is 18.0. The predicted molar refractivity (Wildman–Crippen MR) is 178 cm³/mol. The Hall–Kier alpha value is -6.24. The van der Waals surface area contributed by atoms with E-state index in [0.29, 0.717) is 23.2 Å². The number of nitrogens with one attached hydrogen (secondary N) is 2. The summed E-state index contributed by atoms with van der Waals surface area (Å²) in [6.45, 7) is 3.82. The van der Waals surface area contributed by atoms with Crippen LogP contribution in [-0.4, -0.2) is 48.1 Å². The molecular weight excluding hydrogens is 634 g/mol. The summed E-state index contributed by atoms with van der Waals surface area (Å²) in [5.41, 5.74) is 1.77. The van der Waals surface area contributed by atoms with Crippen LogP contribution in [0.25, 0.3) is 21.9 Å². The van der Waals surface area contributed by atoms with Gasteiger partial charge in [0.05, 0.1) is 17.6 Å². The Morgan fingerprint density at radius 1 is 0.796 bits per heavy atom. The number of para-hydroxylation sites is 2. The summed E-state index contributed by atoms with van der Waals surface area (Å²) in [4.78, 5) is 62.3. The molecule has 0 saturated heterocycles. The smallest absolute Gasteiger partial charge is 0.467 e. The van der Waals surface area contributed by atoms with Crippen LogP contribution in [0, 0.1) is 16.0 Å². The normalized spacial score (nSPS) is 12.2. The molecule has 0 saturated carbocycles. The summed E-state index contributed by atoms with van der Waals surface area (Å²) in [6.07, 6.45) is -0.730. The lowest BCUT2D eigenvalue weighted by Crippen LogP contribution is -2.52. The van der Waals surface area contributed by atoms with Crippen molar-refractivity contribution in [1.29, 1.82) is 0 Å². The van der Waals surface area contributed by atoms with E-state index >= 15 is 0 Å². The molecule has 0 aliphatic carbocycles. The van der Waals surface area contributed by atoms with E-state index in [0.717, 1.165) is 10.8 Å². The minimum absolute atomic E-state index is 0.0225. The SMILES string of the molecule is COC(=O)[C@H](Cc1ccc(OC(=O)Oc2ccc([N+](=O)[O-])cc2)cc1)NC(=O)[C@H](CC(C)C)NC(=O)c1cccc2c1oc1ccccc12. The molecule has 4 aromatic carbocycles. The van der Waals surface area contributed by atoms with E-state index in [2.05, 4.69) is 10.6 Å². The number of ether oxygens (including phenoxy) is 3. The van der Waals surface area contributed by atoms with Crippen LogP contribution in [0.15, 0.2) is 95.4 Å². The topological polar surface area (TPSA) is 176 Å². The number of fused-ring (bicyclic) bond motifs is 3. The molecule has 0 aliphatic heterocycles. The number of nitrogens with zero attached hydrogens (tertiary/aromatic N) is 1. The molecule has 0 unspecified atom stereocenters. The average Bonchev–Trinajstić information content (AvgIpc) is 3.47. The van der Waals surface area contributed by atoms with Crippen LogP contribution in [0.4, 0.5) is 10.5 Å². The van der Waals surface area contributed by atoms with Crippen molar-refractivity contribution in [2.75, 3.05) is 7.11 Å². The number of hydrogen-bond acceptors (Lipinski definition) is 10. The average molecular weight is 668 g/mol. The molecule has 1 heterocycles. The molecule has 0 spiro atoms. The fourth-order valence-electron chi connectivity index (χ4n) is 5.25. The quantitative estimate of drug-likeness (QED) is 0.0682. The second-order valence-electron chi connectivity index (χ2n) is 11.6. The Balaban J connectivity index is 1.24. The standard InChI is InChI=1S/C36H33N3O10/c1-21(2)19-29(37-33(40)28-9-6-8-27-26-7-4-5-10-31(26)49-32(27)28)34(41)38-30(35(42)46-3)20-22-11-15-24(16-12-22)47-36(43)48-25-17-13-23(14-18-25)39(44)45/h4-18,21,29-30H,19-20H2,1-3H3,(H,37,40)(H,38,41)/t29-,30-/m0/s1. The van der Waals surface area contributed by atoms with Crippen molar-refractivity contribution in [1.82, 2.24) is 10.6 Å². The van der Waals surface area contributed by atoms with Gasteiger partial charge in [-0.3, -0.25) is 19.7 Å². The first-order valence-corrected chi connectivity index (χ1v) is 15.3. The molecule has 5 rings (SSSR count). The number of rotatable bonds is 12.